The van der Waals surface area contributed by atoms with Crippen LogP contribution in [0.4, 0.5) is 20.2 Å². The molecule has 0 radical (unpaired) electrons. The minimum atomic E-state index is -0.684. The van der Waals surface area contributed by atoms with Crippen molar-refractivity contribution in [3.63, 3.8) is 0 Å². The molecule has 0 aliphatic heterocycles. The summed E-state index contributed by atoms with van der Waals surface area (Å²) < 4.78 is 27.1. The van der Waals surface area contributed by atoms with E-state index in [0.29, 0.717) is 5.92 Å². The molecule has 2 rings (SSSR count). The van der Waals surface area contributed by atoms with Crippen molar-refractivity contribution < 1.29 is 8.78 Å². The van der Waals surface area contributed by atoms with Crippen LogP contribution in [0.5, 0.6) is 0 Å². The third-order valence-electron chi connectivity index (χ3n) is 3.03. The van der Waals surface area contributed by atoms with Crippen molar-refractivity contribution in [2.24, 2.45) is 0 Å². The molecule has 110 valence electrons. The van der Waals surface area contributed by atoms with E-state index in [1.54, 1.807) is 0 Å². The highest BCUT2D eigenvalue weighted by Gasteiger charge is 2.11. The van der Waals surface area contributed by atoms with Gasteiger partial charge in [0, 0.05) is 5.69 Å². The van der Waals surface area contributed by atoms with Crippen LogP contribution in [0, 0.1) is 11.6 Å². The van der Waals surface area contributed by atoms with Crippen molar-refractivity contribution in [2.45, 2.75) is 19.8 Å². The van der Waals surface area contributed by atoms with Gasteiger partial charge in [0.2, 0.25) is 0 Å². The zero-order chi connectivity index (χ0) is 15.4. The molecule has 0 fully saturated rings. The van der Waals surface area contributed by atoms with Crippen LogP contribution in [0.1, 0.15) is 25.3 Å². The number of para-hydroxylation sites is 2. The van der Waals surface area contributed by atoms with Crippen LogP contribution in [0.25, 0.3) is 0 Å². The molecule has 2 aromatic carbocycles. The smallest absolute Gasteiger partial charge is 0.175 e. The predicted molar refractivity (Wildman–Crippen MR) is 86.7 cm³/mol. The molecule has 5 heteroatoms. The second kappa shape index (κ2) is 6.63. The summed E-state index contributed by atoms with van der Waals surface area (Å²) in [5.74, 6) is -1.06. The molecule has 0 bridgehead atoms. The molecule has 2 nitrogen and oxygen atoms in total. The minimum absolute atomic E-state index is 0.145. The standard InChI is InChI=1S/C16H16F2N2S/c1-10(2)11-6-3-4-9-14(11)19-16(21)20-15-12(17)7-5-8-13(15)18/h3-10H,1-2H3,(H2,19,20,21). The maximum atomic E-state index is 13.6. The van der Waals surface area contributed by atoms with Gasteiger partial charge in [0.15, 0.2) is 5.11 Å². The Bertz CT molecular complexity index is 636. The van der Waals surface area contributed by atoms with Crippen molar-refractivity contribution >= 4 is 28.7 Å². The summed E-state index contributed by atoms with van der Waals surface area (Å²) in [7, 11) is 0. The van der Waals surface area contributed by atoms with E-state index >= 15 is 0 Å². The number of halogens is 2. The maximum absolute atomic E-state index is 13.6. The molecule has 0 unspecified atom stereocenters. The number of hydrogen-bond donors (Lipinski definition) is 2. The second-order valence-electron chi connectivity index (χ2n) is 4.92. The van der Waals surface area contributed by atoms with Gasteiger partial charge in [-0.15, -0.1) is 0 Å². The van der Waals surface area contributed by atoms with Gasteiger partial charge in [-0.25, -0.2) is 8.78 Å². The Morgan fingerprint density at radius 3 is 2.19 bits per heavy atom. The Hall–Kier alpha value is -2.01. The van der Waals surface area contributed by atoms with Gasteiger partial charge in [-0.2, -0.15) is 0 Å². The summed E-state index contributed by atoms with van der Waals surface area (Å²) in [5, 5.41) is 5.69. The van der Waals surface area contributed by atoms with Crippen LogP contribution in [0.3, 0.4) is 0 Å². The van der Waals surface area contributed by atoms with E-state index in [1.165, 1.54) is 18.2 Å². The fourth-order valence-electron chi connectivity index (χ4n) is 2.00. The molecule has 0 atom stereocenters. The Morgan fingerprint density at radius 1 is 0.952 bits per heavy atom. The Kier molecular flexibility index (Phi) is 4.85. The van der Waals surface area contributed by atoms with Crippen molar-refractivity contribution in [1.29, 1.82) is 0 Å². The maximum Gasteiger partial charge on any atom is 0.175 e. The molecular formula is C16H16F2N2S. The summed E-state index contributed by atoms with van der Waals surface area (Å²) in [6.45, 7) is 4.13. The van der Waals surface area contributed by atoms with E-state index in [0.717, 1.165) is 11.3 Å². The fraction of sp³-hybridized carbons (Fsp3) is 0.188. The van der Waals surface area contributed by atoms with Gasteiger partial charge in [0.05, 0.1) is 0 Å². The highest BCUT2D eigenvalue weighted by Crippen LogP contribution is 2.24. The highest BCUT2D eigenvalue weighted by molar-refractivity contribution is 7.80. The molecule has 0 heterocycles. The first-order valence-electron chi connectivity index (χ1n) is 6.60. The van der Waals surface area contributed by atoms with Gasteiger partial charge in [-0.05, 0) is 41.9 Å². The minimum Gasteiger partial charge on any atom is -0.332 e. The normalized spacial score (nSPS) is 10.5. The van der Waals surface area contributed by atoms with Crippen LogP contribution < -0.4 is 10.6 Å². The van der Waals surface area contributed by atoms with Gasteiger partial charge in [0.1, 0.15) is 17.3 Å². The number of rotatable bonds is 3. The predicted octanol–water partition coefficient (Wildman–Crippen LogP) is 4.90. The lowest BCUT2D eigenvalue weighted by Gasteiger charge is -2.16. The molecule has 21 heavy (non-hydrogen) atoms. The van der Waals surface area contributed by atoms with Crippen LogP contribution >= 0.6 is 12.2 Å². The Balaban J connectivity index is 2.16. The lowest BCUT2D eigenvalue weighted by molar-refractivity contribution is 0.591. The summed E-state index contributed by atoms with van der Waals surface area (Å²) in [6, 6.07) is 11.3. The van der Waals surface area contributed by atoms with Crippen molar-refractivity contribution in [3.05, 3.63) is 59.7 Å². The van der Waals surface area contributed by atoms with Crippen molar-refractivity contribution in [2.75, 3.05) is 10.6 Å². The number of thiocarbonyl (C=S) groups is 1. The first kappa shape index (κ1) is 15.4. The van der Waals surface area contributed by atoms with Gasteiger partial charge in [-0.1, -0.05) is 38.1 Å². The SMILES string of the molecule is CC(C)c1ccccc1NC(=S)Nc1c(F)cccc1F. The first-order valence-corrected chi connectivity index (χ1v) is 7.01. The van der Waals surface area contributed by atoms with E-state index in [1.807, 2.05) is 24.3 Å². The average molecular weight is 306 g/mol. The van der Waals surface area contributed by atoms with Crippen LogP contribution in [0.15, 0.2) is 42.5 Å². The molecular weight excluding hydrogens is 290 g/mol. The van der Waals surface area contributed by atoms with Crippen molar-refractivity contribution in [1.82, 2.24) is 0 Å². The quantitative estimate of drug-likeness (QED) is 0.789. The average Bonchev–Trinajstić information content (AvgIpc) is 2.43. The number of anilines is 2. The van der Waals surface area contributed by atoms with Crippen LogP contribution in [0.2, 0.25) is 0 Å². The van der Waals surface area contributed by atoms with E-state index in [4.69, 9.17) is 12.2 Å². The molecule has 0 saturated carbocycles. The van der Waals surface area contributed by atoms with Crippen LogP contribution in [-0.2, 0) is 0 Å². The number of nitrogens with one attached hydrogen (secondary N) is 2. The third kappa shape index (κ3) is 3.76. The first-order chi connectivity index (χ1) is 9.99. The van der Waals surface area contributed by atoms with Gasteiger partial charge in [-0.3, -0.25) is 0 Å². The summed E-state index contributed by atoms with van der Waals surface area (Å²) in [4.78, 5) is 0. The largest absolute Gasteiger partial charge is 0.332 e. The Morgan fingerprint density at radius 2 is 1.57 bits per heavy atom. The summed E-state index contributed by atoms with van der Waals surface area (Å²) in [5.41, 5.74) is 1.65. The molecule has 0 aliphatic rings. The lowest BCUT2D eigenvalue weighted by Crippen LogP contribution is -2.21. The monoisotopic (exact) mass is 306 g/mol. The lowest BCUT2D eigenvalue weighted by atomic mass is 10.0. The van der Waals surface area contributed by atoms with Gasteiger partial charge < -0.3 is 10.6 Å². The molecule has 0 aliphatic carbocycles. The molecule has 2 aromatic rings. The summed E-state index contributed by atoms with van der Waals surface area (Å²) >= 11 is 5.13. The van der Waals surface area contributed by atoms with E-state index < -0.39 is 11.6 Å². The number of benzene rings is 2. The van der Waals surface area contributed by atoms with Gasteiger partial charge in [0.25, 0.3) is 0 Å². The zero-order valence-electron chi connectivity index (χ0n) is 11.8. The molecule has 0 amide bonds. The van der Waals surface area contributed by atoms with E-state index in [2.05, 4.69) is 24.5 Å². The molecule has 2 N–H and O–H groups in total. The second-order valence-corrected chi connectivity index (χ2v) is 5.33. The molecule has 0 saturated heterocycles. The molecule has 0 spiro atoms. The van der Waals surface area contributed by atoms with E-state index in [9.17, 15) is 8.78 Å². The third-order valence-corrected chi connectivity index (χ3v) is 3.24. The highest BCUT2D eigenvalue weighted by atomic mass is 32.1. The fourth-order valence-corrected chi connectivity index (χ4v) is 2.21. The van der Waals surface area contributed by atoms with Crippen molar-refractivity contribution in [3.8, 4) is 0 Å². The Labute approximate surface area is 128 Å². The topological polar surface area (TPSA) is 24.1 Å². The van der Waals surface area contributed by atoms with E-state index in [-0.39, 0.29) is 10.8 Å². The summed E-state index contributed by atoms with van der Waals surface area (Å²) in [6.07, 6.45) is 0. The zero-order valence-corrected chi connectivity index (χ0v) is 12.6. The number of hydrogen-bond acceptors (Lipinski definition) is 1. The molecule has 0 aromatic heterocycles. The van der Waals surface area contributed by atoms with Gasteiger partial charge >= 0.3 is 0 Å². The van der Waals surface area contributed by atoms with Crippen LogP contribution in [-0.4, -0.2) is 5.11 Å².